The van der Waals surface area contributed by atoms with Crippen LogP contribution in [0.2, 0.25) is 0 Å². The van der Waals surface area contributed by atoms with Gasteiger partial charge < -0.3 is 27.4 Å². The van der Waals surface area contributed by atoms with E-state index in [2.05, 4.69) is 0 Å². The van der Waals surface area contributed by atoms with E-state index < -0.39 is 0 Å². The fourth-order valence-corrected chi connectivity index (χ4v) is 0. The van der Waals surface area contributed by atoms with Crippen LogP contribution in [0.25, 0.3) is 0 Å². The molecule has 0 aromatic carbocycles. The van der Waals surface area contributed by atoms with E-state index in [4.69, 9.17) is 0 Å². The maximum atomic E-state index is 0. The molecule has 0 rings (SSSR count). The Morgan fingerprint density at radius 1 is 0.500 bits per heavy atom. The van der Waals surface area contributed by atoms with Crippen molar-refractivity contribution in [3.05, 3.63) is 0 Å². The minimum Gasteiger partial charge on any atom is -2.00 e. The number of hydrogen-bond donors (Lipinski definition) is 0. The molecule has 0 N–H and O–H groups in total. The van der Waals surface area contributed by atoms with E-state index in [1.54, 1.807) is 0 Å². The standard InChI is InChI=1S/Al.In.5O.Sn/q2*+3;5*-2;+4. The van der Waals surface area contributed by atoms with Gasteiger partial charge in [0.05, 0.1) is 0 Å². The SMILES string of the molecule is [Al+3].[In+3].[O-2].[O-2].[O-2].[O-2].[O-2].[Sn+4]. The van der Waals surface area contributed by atoms with Gasteiger partial charge in [-0.1, -0.05) is 0 Å². The van der Waals surface area contributed by atoms with Crippen molar-refractivity contribution < 1.29 is 27.4 Å². The molecule has 0 saturated heterocycles. The van der Waals surface area contributed by atoms with Crippen molar-refractivity contribution in [3.63, 3.8) is 0 Å². The molecular weight excluding hydrogens is 341 g/mol. The molecule has 40 valence electrons. The number of hydrogen-bond acceptors (Lipinski definition) is 0. The van der Waals surface area contributed by atoms with Crippen molar-refractivity contribution in [1.29, 1.82) is 0 Å². The molecule has 0 aliphatic rings. The van der Waals surface area contributed by atoms with Crippen LogP contribution in [-0.4, -0.2) is 67.1 Å². The van der Waals surface area contributed by atoms with Gasteiger partial charge in [0.1, 0.15) is 0 Å². The van der Waals surface area contributed by atoms with Crippen molar-refractivity contribution >= 4 is 67.1 Å². The zero-order chi connectivity index (χ0) is 0. The topological polar surface area (TPSA) is 142 Å². The Balaban J connectivity index is 0. The van der Waals surface area contributed by atoms with E-state index in [0.717, 1.165) is 0 Å². The Morgan fingerprint density at radius 2 is 0.500 bits per heavy atom. The monoisotopic (exact) mass is 342 g/mol. The summed E-state index contributed by atoms with van der Waals surface area (Å²) in [5.74, 6) is 0. The molecule has 0 aliphatic heterocycles. The van der Waals surface area contributed by atoms with Crippen LogP contribution in [0.3, 0.4) is 0 Å². The quantitative estimate of drug-likeness (QED) is 0.462. The Hall–Kier alpha value is 2.00. The van der Waals surface area contributed by atoms with Gasteiger partial charge in [0, 0.05) is 0 Å². The molecule has 0 aromatic heterocycles. The fraction of sp³-hybridized carbons (Fsp3) is 0. The predicted octanol–water partition coefficient (Wildman–Crippen LogP) is -1.74. The van der Waals surface area contributed by atoms with Crippen molar-refractivity contribution in [1.82, 2.24) is 0 Å². The van der Waals surface area contributed by atoms with Crippen LogP contribution >= 0.6 is 0 Å². The van der Waals surface area contributed by atoms with Crippen LogP contribution < -0.4 is 0 Å². The second-order valence-corrected chi connectivity index (χ2v) is 0. The average molecular weight is 341 g/mol. The normalized spacial score (nSPS) is 0. The van der Waals surface area contributed by atoms with Crippen molar-refractivity contribution in [2.75, 3.05) is 0 Å². The molecule has 8 heteroatoms. The average Bonchev–Trinajstić information content (AvgIpc) is 0. The van der Waals surface area contributed by atoms with Crippen molar-refractivity contribution in [3.8, 4) is 0 Å². The summed E-state index contributed by atoms with van der Waals surface area (Å²) < 4.78 is 0. The molecule has 0 amide bonds. The minimum absolute atomic E-state index is 0. The molecule has 5 nitrogen and oxygen atoms in total. The van der Waals surface area contributed by atoms with Crippen LogP contribution in [-0.2, 0) is 27.4 Å². The summed E-state index contributed by atoms with van der Waals surface area (Å²) >= 11 is 0. The summed E-state index contributed by atoms with van der Waals surface area (Å²) in [7, 11) is 0. The van der Waals surface area contributed by atoms with Gasteiger partial charge in [-0.25, -0.2) is 0 Å². The van der Waals surface area contributed by atoms with Gasteiger partial charge in [-0.3, -0.25) is 0 Å². The molecule has 0 saturated carbocycles. The van der Waals surface area contributed by atoms with Crippen molar-refractivity contribution in [2.24, 2.45) is 0 Å². The first-order valence-electron chi connectivity index (χ1n) is 0. The van der Waals surface area contributed by atoms with Gasteiger partial charge in [0.15, 0.2) is 0 Å². The van der Waals surface area contributed by atoms with E-state index in [0.29, 0.717) is 0 Å². The third-order valence-electron chi connectivity index (χ3n) is 0. The summed E-state index contributed by atoms with van der Waals surface area (Å²) in [4.78, 5) is 0. The first kappa shape index (κ1) is 202. The second-order valence-electron chi connectivity index (χ2n) is 0. The van der Waals surface area contributed by atoms with Gasteiger partial charge in [-0.2, -0.15) is 0 Å². The summed E-state index contributed by atoms with van der Waals surface area (Å²) in [5, 5.41) is 0. The molecule has 0 aromatic rings. The third kappa shape index (κ3) is 97.9. The molecule has 0 atom stereocenters. The summed E-state index contributed by atoms with van der Waals surface area (Å²) in [5.41, 5.74) is 0. The summed E-state index contributed by atoms with van der Waals surface area (Å²) in [6, 6.07) is 0. The zero-order valence-electron chi connectivity index (χ0n) is 3.70. The van der Waals surface area contributed by atoms with Crippen LogP contribution in [0.5, 0.6) is 0 Å². The van der Waals surface area contributed by atoms with Crippen LogP contribution in [0.15, 0.2) is 0 Å². The molecule has 0 bridgehead atoms. The van der Waals surface area contributed by atoms with Crippen LogP contribution in [0, 0.1) is 0 Å². The fourth-order valence-electron chi connectivity index (χ4n) is 0. The third-order valence-corrected chi connectivity index (χ3v) is 0. The predicted molar refractivity (Wildman–Crippen MR) is 20.7 cm³/mol. The molecule has 0 spiro atoms. The Kier molecular flexibility index (Phi) is 3640. The Labute approximate surface area is 93.6 Å². The summed E-state index contributed by atoms with van der Waals surface area (Å²) in [6.45, 7) is 0. The smallest absolute Gasteiger partial charge is 2.00 e. The molecule has 0 radical (unpaired) electrons. The van der Waals surface area contributed by atoms with E-state index >= 15 is 0 Å². The number of rotatable bonds is 0. The largest absolute Gasteiger partial charge is 4.00 e. The maximum Gasteiger partial charge on any atom is 4.00 e. The summed E-state index contributed by atoms with van der Waals surface area (Å²) in [6.07, 6.45) is 0. The van der Waals surface area contributed by atoms with Gasteiger partial charge >= 0.3 is 67.1 Å². The zero-order valence-corrected chi connectivity index (χ0v) is 11.0. The van der Waals surface area contributed by atoms with E-state index in [9.17, 15) is 0 Å². The van der Waals surface area contributed by atoms with Gasteiger partial charge in [0.2, 0.25) is 0 Å². The maximum absolute atomic E-state index is 0. The van der Waals surface area contributed by atoms with Gasteiger partial charge in [0.25, 0.3) is 0 Å². The molecule has 0 unspecified atom stereocenters. The van der Waals surface area contributed by atoms with Crippen molar-refractivity contribution in [2.45, 2.75) is 0 Å². The van der Waals surface area contributed by atoms with E-state index in [-0.39, 0.29) is 94.5 Å². The molecule has 8 heavy (non-hydrogen) atoms. The Morgan fingerprint density at radius 3 is 0.500 bits per heavy atom. The molecule has 0 aliphatic carbocycles. The molecule has 0 heterocycles. The van der Waals surface area contributed by atoms with E-state index in [1.807, 2.05) is 0 Å². The van der Waals surface area contributed by atoms with E-state index in [1.165, 1.54) is 0 Å². The van der Waals surface area contributed by atoms with Gasteiger partial charge in [-0.15, -0.1) is 0 Å². The van der Waals surface area contributed by atoms with Crippen LogP contribution in [0.4, 0.5) is 0 Å². The Bertz CT molecular complexity index is 12.4. The first-order valence-corrected chi connectivity index (χ1v) is 0. The first-order chi connectivity index (χ1) is 0. The second kappa shape index (κ2) is 144. The van der Waals surface area contributed by atoms with Crippen LogP contribution in [0.1, 0.15) is 0 Å². The molecule has 0 fully saturated rings. The molecular formula is AlInO5Sn. The minimum atomic E-state index is 0. The van der Waals surface area contributed by atoms with Gasteiger partial charge in [-0.05, 0) is 0 Å².